The first-order chi connectivity index (χ1) is 15.2. The van der Waals surface area contributed by atoms with Crippen LogP contribution in [0.3, 0.4) is 0 Å². The molecule has 158 valence electrons. The highest BCUT2D eigenvalue weighted by atomic mass is 16.5. The van der Waals surface area contributed by atoms with Crippen molar-refractivity contribution in [3.05, 3.63) is 76.6 Å². The number of amides is 1. The van der Waals surface area contributed by atoms with Crippen LogP contribution in [0.1, 0.15) is 29.6 Å². The van der Waals surface area contributed by atoms with Gasteiger partial charge in [0.15, 0.2) is 0 Å². The quantitative estimate of drug-likeness (QED) is 0.707. The van der Waals surface area contributed by atoms with Gasteiger partial charge in [-0.1, -0.05) is 60.7 Å². The van der Waals surface area contributed by atoms with Crippen molar-refractivity contribution in [3.8, 4) is 22.4 Å². The van der Waals surface area contributed by atoms with Crippen molar-refractivity contribution in [2.75, 3.05) is 26.3 Å². The van der Waals surface area contributed by atoms with Gasteiger partial charge in [0.2, 0.25) is 0 Å². The zero-order chi connectivity index (χ0) is 21.3. The molecule has 1 N–H and O–H groups in total. The van der Waals surface area contributed by atoms with E-state index in [2.05, 4.69) is 10.2 Å². The third-order valence-electron chi connectivity index (χ3n) is 6.44. The number of carbonyl (C=O) groups excluding carboxylic acids is 1. The molecule has 5 rings (SSSR count). The number of likely N-dealkylation sites (tertiary alicyclic amines) is 1. The summed E-state index contributed by atoms with van der Waals surface area (Å²) < 4.78 is 5.72. The third kappa shape index (κ3) is 3.68. The van der Waals surface area contributed by atoms with Crippen molar-refractivity contribution in [2.45, 2.75) is 19.3 Å². The number of aromatic nitrogens is 2. The zero-order valence-corrected chi connectivity index (χ0v) is 17.3. The molecule has 2 aliphatic rings. The second kappa shape index (κ2) is 8.12. The molecule has 1 spiro atoms. The van der Waals surface area contributed by atoms with E-state index in [0.29, 0.717) is 31.0 Å². The van der Waals surface area contributed by atoms with E-state index in [1.165, 1.54) is 0 Å². The molecular weight excluding hydrogens is 390 g/mol. The molecule has 0 saturated carbocycles. The molecule has 1 aromatic heterocycles. The minimum Gasteiger partial charge on any atom is -0.381 e. The number of carbonyl (C=O) groups is 1. The number of aromatic amines is 1. The topological polar surface area (TPSA) is 75.3 Å². The minimum absolute atomic E-state index is 0.0167. The van der Waals surface area contributed by atoms with E-state index in [1.54, 1.807) is 0 Å². The number of H-pyrrole nitrogens is 1. The second-order valence-electron chi connectivity index (χ2n) is 8.52. The molecule has 0 aliphatic carbocycles. The molecule has 1 unspecified atom stereocenters. The van der Waals surface area contributed by atoms with Crippen LogP contribution in [0.5, 0.6) is 0 Å². The second-order valence-corrected chi connectivity index (χ2v) is 8.52. The van der Waals surface area contributed by atoms with Crippen LogP contribution in [0.25, 0.3) is 22.4 Å². The van der Waals surface area contributed by atoms with Gasteiger partial charge >= 0.3 is 0 Å². The number of nitrogens with zero attached hydrogens (tertiary/aromatic N) is 2. The highest BCUT2D eigenvalue weighted by Crippen LogP contribution is 2.39. The van der Waals surface area contributed by atoms with Crippen molar-refractivity contribution in [1.82, 2.24) is 15.1 Å². The molecule has 1 atom stereocenters. The predicted octanol–water partition coefficient (Wildman–Crippen LogP) is 3.75. The number of rotatable bonds is 3. The fourth-order valence-corrected chi connectivity index (χ4v) is 4.84. The summed E-state index contributed by atoms with van der Waals surface area (Å²) in [4.78, 5) is 28.5. The minimum atomic E-state index is -0.454. The monoisotopic (exact) mass is 415 g/mol. The molecule has 2 fully saturated rings. The van der Waals surface area contributed by atoms with Gasteiger partial charge in [-0.3, -0.25) is 9.59 Å². The fourth-order valence-electron chi connectivity index (χ4n) is 4.84. The van der Waals surface area contributed by atoms with E-state index in [4.69, 9.17) is 4.74 Å². The van der Waals surface area contributed by atoms with Gasteiger partial charge in [0.25, 0.3) is 11.5 Å². The lowest BCUT2D eigenvalue weighted by molar-refractivity contribution is -0.00160. The molecule has 1 amide bonds. The Morgan fingerprint density at radius 1 is 1.00 bits per heavy atom. The fraction of sp³-hybridized carbons (Fsp3) is 0.320. The van der Waals surface area contributed by atoms with Crippen LogP contribution in [0.4, 0.5) is 0 Å². The van der Waals surface area contributed by atoms with Crippen LogP contribution in [-0.2, 0) is 4.74 Å². The first-order valence-corrected chi connectivity index (χ1v) is 10.8. The highest BCUT2D eigenvalue weighted by molar-refractivity contribution is 6.03. The summed E-state index contributed by atoms with van der Waals surface area (Å²) in [6, 6.07) is 19.2. The van der Waals surface area contributed by atoms with E-state index < -0.39 is 5.56 Å². The summed E-state index contributed by atoms with van der Waals surface area (Å²) >= 11 is 0. The molecule has 3 aromatic rings. The van der Waals surface area contributed by atoms with E-state index in [-0.39, 0.29) is 16.9 Å². The largest absolute Gasteiger partial charge is 0.381 e. The van der Waals surface area contributed by atoms with Gasteiger partial charge in [0.05, 0.1) is 12.3 Å². The summed E-state index contributed by atoms with van der Waals surface area (Å²) in [5, 5.41) is 6.92. The van der Waals surface area contributed by atoms with Gasteiger partial charge in [-0.15, -0.1) is 0 Å². The lowest BCUT2D eigenvalue weighted by Crippen LogP contribution is -2.39. The Kier molecular flexibility index (Phi) is 5.16. The summed E-state index contributed by atoms with van der Waals surface area (Å²) in [7, 11) is 0. The summed E-state index contributed by atoms with van der Waals surface area (Å²) in [6.07, 6.45) is 2.99. The molecule has 6 heteroatoms. The van der Waals surface area contributed by atoms with Crippen molar-refractivity contribution in [2.24, 2.45) is 5.41 Å². The molecule has 31 heavy (non-hydrogen) atoms. The van der Waals surface area contributed by atoms with Crippen molar-refractivity contribution < 1.29 is 9.53 Å². The number of ether oxygens (including phenoxy) is 1. The highest BCUT2D eigenvalue weighted by Gasteiger charge is 2.42. The number of hydrogen-bond donors (Lipinski definition) is 1. The Morgan fingerprint density at radius 3 is 2.39 bits per heavy atom. The molecular formula is C25H25N3O3. The predicted molar refractivity (Wildman–Crippen MR) is 119 cm³/mol. The van der Waals surface area contributed by atoms with E-state index in [0.717, 1.165) is 37.0 Å². The SMILES string of the molecule is O=C(c1c(-c2ccccc2)c(-c2ccccc2)n[nH]c1=O)N1CCC2(CCCOC2)C1. The molecule has 3 heterocycles. The van der Waals surface area contributed by atoms with Gasteiger partial charge in [0.1, 0.15) is 5.56 Å². The standard InChI is InChI=1S/C25H25N3O3/c29-23-21(24(30)28-14-13-25(16-28)12-7-15-31-17-25)20(18-8-3-1-4-9-18)22(26-27-23)19-10-5-2-6-11-19/h1-6,8-11H,7,12-17H2,(H,27,29). The van der Waals surface area contributed by atoms with Crippen LogP contribution in [0.2, 0.25) is 0 Å². The summed E-state index contributed by atoms with van der Waals surface area (Å²) in [5.41, 5.74) is 2.57. The van der Waals surface area contributed by atoms with Crippen molar-refractivity contribution >= 4 is 5.91 Å². The maximum Gasteiger partial charge on any atom is 0.277 e. The zero-order valence-electron chi connectivity index (χ0n) is 17.3. The smallest absolute Gasteiger partial charge is 0.277 e. The molecule has 0 radical (unpaired) electrons. The number of hydrogen-bond acceptors (Lipinski definition) is 4. The lowest BCUT2D eigenvalue weighted by atomic mass is 9.82. The first-order valence-electron chi connectivity index (χ1n) is 10.8. The third-order valence-corrected chi connectivity index (χ3v) is 6.44. The van der Waals surface area contributed by atoms with E-state index in [1.807, 2.05) is 65.6 Å². The lowest BCUT2D eigenvalue weighted by Gasteiger charge is -2.33. The number of nitrogens with one attached hydrogen (secondary N) is 1. The van der Waals surface area contributed by atoms with Crippen molar-refractivity contribution in [1.29, 1.82) is 0 Å². The Balaban J connectivity index is 1.61. The number of benzene rings is 2. The molecule has 2 saturated heterocycles. The van der Waals surface area contributed by atoms with Gasteiger partial charge in [-0.2, -0.15) is 5.10 Å². The van der Waals surface area contributed by atoms with Crippen LogP contribution in [0, 0.1) is 5.41 Å². The summed E-state index contributed by atoms with van der Waals surface area (Å²) in [6.45, 7) is 2.74. The Hall–Kier alpha value is -3.25. The molecule has 6 nitrogen and oxygen atoms in total. The molecule has 2 aliphatic heterocycles. The van der Waals surface area contributed by atoms with Crippen molar-refractivity contribution in [3.63, 3.8) is 0 Å². The van der Waals surface area contributed by atoms with E-state index in [9.17, 15) is 9.59 Å². The van der Waals surface area contributed by atoms with E-state index >= 15 is 0 Å². The average molecular weight is 415 g/mol. The van der Waals surface area contributed by atoms with Gasteiger partial charge in [0, 0.05) is 36.2 Å². The Bertz CT molecular complexity index is 1140. The van der Waals surface area contributed by atoms with Gasteiger partial charge in [-0.05, 0) is 24.8 Å². The van der Waals surface area contributed by atoms with Gasteiger partial charge in [-0.25, -0.2) is 5.10 Å². The maximum absolute atomic E-state index is 13.7. The molecule has 0 bridgehead atoms. The van der Waals surface area contributed by atoms with Crippen LogP contribution >= 0.6 is 0 Å². The summed E-state index contributed by atoms with van der Waals surface area (Å²) in [5.74, 6) is -0.234. The Morgan fingerprint density at radius 2 is 1.71 bits per heavy atom. The van der Waals surface area contributed by atoms with Crippen LogP contribution in [0.15, 0.2) is 65.5 Å². The maximum atomic E-state index is 13.7. The normalized spacial score (nSPS) is 20.8. The van der Waals surface area contributed by atoms with Crippen LogP contribution < -0.4 is 5.56 Å². The molecule has 2 aromatic carbocycles. The Labute approximate surface area is 180 Å². The first kappa shape index (κ1) is 19.7. The average Bonchev–Trinajstić information content (AvgIpc) is 3.23. The van der Waals surface area contributed by atoms with Gasteiger partial charge < -0.3 is 9.64 Å². The van der Waals surface area contributed by atoms with Crippen LogP contribution in [-0.4, -0.2) is 47.3 Å².